The Hall–Kier alpha value is -1.95. The maximum atomic E-state index is 11.3. The van der Waals surface area contributed by atoms with Crippen LogP contribution in [0.5, 0.6) is 0 Å². The van der Waals surface area contributed by atoms with Crippen molar-refractivity contribution in [3.63, 3.8) is 0 Å². The Kier molecular flexibility index (Phi) is 4.04. The first-order valence-electron chi connectivity index (χ1n) is 5.37. The number of sulfone groups is 1. The fourth-order valence-corrected chi connectivity index (χ4v) is 2.70. The Bertz CT molecular complexity index is 721. The van der Waals surface area contributed by atoms with Crippen LogP contribution >= 0.6 is 11.3 Å². The number of aromatic nitrogens is 6. The summed E-state index contributed by atoms with van der Waals surface area (Å²) in [6, 6.07) is 0. The molecule has 0 saturated heterocycles. The van der Waals surface area contributed by atoms with Crippen LogP contribution in [0.3, 0.4) is 0 Å². The van der Waals surface area contributed by atoms with E-state index in [1.54, 1.807) is 6.92 Å². The van der Waals surface area contributed by atoms with Gasteiger partial charge in [0.15, 0.2) is 11.6 Å². The maximum Gasteiger partial charge on any atom is 0.329 e. The Labute approximate surface area is 117 Å². The summed E-state index contributed by atoms with van der Waals surface area (Å²) in [7, 11) is -3.42. The monoisotopic (exact) mass is 318 g/mol. The van der Waals surface area contributed by atoms with Gasteiger partial charge in [0.05, 0.1) is 6.61 Å². The largest absolute Gasteiger partial charge is 0.465 e. The molecule has 0 amide bonds. The van der Waals surface area contributed by atoms with Crippen molar-refractivity contribution < 1.29 is 17.9 Å². The minimum absolute atomic E-state index is 0.0988. The second-order valence-corrected chi connectivity index (χ2v) is 6.76. The lowest BCUT2D eigenvalue weighted by atomic mass is 10.6. The number of ether oxygens (including phenoxy) is 1. The third-order valence-electron chi connectivity index (χ3n) is 1.94. The second-order valence-electron chi connectivity index (χ2n) is 3.59. The fraction of sp³-hybridized carbons (Fsp3) is 0.500. The second kappa shape index (κ2) is 5.58. The number of hydrogen-bond donors (Lipinski definition) is 0. The molecular formula is C8H10N6O4S2. The zero-order valence-corrected chi connectivity index (χ0v) is 12.2. The van der Waals surface area contributed by atoms with Crippen molar-refractivity contribution in [3.05, 3.63) is 0 Å². The van der Waals surface area contributed by atoms with Crippen LogP contribution < -0.4 is 0 Å². The molecule has 2 rings (SSSR count). The summed E-state index contributed by atoms with van der Waals surface area (Å²) < 4.78 is 27.2. The molecule has 0 atom stereocenters. The number of hydrogen-bond acceptors (Lipinski definition) is 10. The molecule has 0 unspecified atom stereocenters. The first-order chi connectivity index (χ1) is 9.40. The molecule has 0 spiro atoms. The van der Waals surface area contributed by atoms with Gasteiger partial charge in [-0.15, -0.1) is 20.4 Å². The molecule has 12 heteroatoms. The quantitative estimate of drug-likeness (QED) is 0.647. The zero-order chi connectivity index (χ0) is 14.8. The van der Waals surface area contributed by atoms with Crippen molar-refractivity contribution in [2.75, 3.05) is 12.9 Å². The molecule has 20 heavy (non-hydrogen) atoms. The van der Waals surface area contributed by atoms with Crippen molar-refractivity contribution >= 4 is 27.1 Å². The van der Waals surface area contributed by atoms with E-state index >= 15 is 0 Å². The van der Waals surface area contributed by atoms with E-state index in [0.717, 1.165) is 22.4 Å². The Balaban J connectivity index is 2.17. The van der Waals surface area contributed by atoms with Gasteiger partial charge in [0.25, 0.3) is 0 Å². The molecule has 2 aromatic rings. The SMILES string of the molecule is CCOC(=O)Cn1nnc(-c2nnc(S(C)(=O)=O)s2)n1. The van der Waals surface area contributed by atoms with Gasteiger partial charge < -0.3 is 4.74 Å². The predicted octanol–water partition coefficient (Wildman–Crippen LogP) is -0.842. The lowest BCUT2D eigenvalue weighted by Crippen LogP contribution is -2.15. The number of nitrogens with zero attached hydrogens (tertiary/aromatic N) is 6. The summed E-state index contributed by atoms with van der Waals surface area (Å²) >= 11 is 0.831. The summed E-state index contributed by atoms with van der Waals surface area (Å²) in [5.74, 6) is -0.396. The van der Waals surface area contributed by atoms with E-state index < -0.39 is 15.8 Å². The minimum Gasteiger partial charge on any atom is -0.465 e. The third kappa shape index (κ3) is 3.33. The van der Waals surface area contributed by atoms with Crippen molar-refractivity contribution in [2.45, 2.75) is 17.8 Å². The molecule has 2 aromatic heterocycles. The summed E-state index contributed by atoms with van der Waals surface area (Å²) in [5.41, 5.74) is 0. The highest BCUT2D eigenvalue weighted by Crippen LogP contribution is 2.22. The molecule has 0 aromatic carbocycles. The van der Waals surface area contributed by atoms with Crippen LogP contribution in [0, 0.1) is 0 Å². The van der Waals surface area contributed by atoms with Gasteiger partial charge in [-0.1, -0.05) is 11.3 Å². The number of tetrazole rings is 1. The van der Waals surface area contributed by atoms with E-state index in [1.165, 1.54) is 0 Å². The lowest BCUT2D eigenvalue weighted by Gasteiger charge is -1.98. The molecular weight excluding hydrogens is 308 g/mol. The van der Waals surface area contributed by atoms with E-state index in [1.807, 2.05) is 0 Å². The van der Waals surface area contributed by atoms with Crippen LogP contribution in [0.4, 0.5) is 0 Å². The van der Waals surface area contributed by atoms with Crippen LogP contribution in [0.15, 0.2) is 4.34 Å². The average Bonchev–Trinajstić information content (AvgIpc) is 2.95. The standard InChI is InChI=1S/C8H10N6O4S2/c1-3-18-5(15)4-14-12-6(9-13-14)7-10-11-8(19-7)20(2,16)17/h3-4H2,1-2H3. The summed E-state index contributed by atoms with van der Waals surface area (Å²) in [4.78, 5) is 12.3. The molecule has 0 aliphatic rings. The Morgan fingerprint density at radius 1 is 1.35 bits per heavy atom. The smallest absolute Gasteiger partial charge is 0.329 e. The van der Waals surface area contributed by atoms with Gasteiger partial charge in [-0.25, -0.2) is 13.2 Å². The van der Waals surface area contributed by atoms with Gasteiger partial charge in [-0.3, -0.25) is 0 Å². The highest BCUT2D eigenvalue weighted by Gasteiger charge is 2.18. The molecule has 0 bridgehead atoms. The summed E-state index contributed by atoms with van der Waals surface area (Å²) in [6.07, 6.45) is 1.03. The van der Waals surface area contributed by atoms with E-state index in [2.05, 4.69) is 25.6 Å². The molecule has 0 aliphatic heterocycles. The topological polar surface area (TPSA) is 130 Å². The predicted molar refractivity (Wildman–Crippen MR) is 66.5 cm³/mol. The molecule has 108 valence electrons. The van der Waals surface area contributed by atoms with Gasteiger partial charge >= 0.3 is 5.97 Å². The molecule has 0 saturated carbocycles. The van der Waals surface area contributed by atoms with Crippen LogP contribution in [-0.4, -0.2) is 57.7 Å². The van der Waals surface area contributed by atoms with Crippen LogP contribution in [0.2, 0.25) is 0 Å². The first-order valence-corrected chi connectivity index (χ1v) is 8.08. The van der Waals surface area contributed by atoms with Gasteiger partial charge in [0, 0.05) is 6.26 Å². The number of carbonyl (C=O) groups is 1. The highest BCUT2D eigenvalue weighted by molar-refractivity contribution is 7.92. The van der Waals surface area contributed by atoms with Crippen molar-refractivity contribution in [3.8, 4) is 10.8 Å². The summed E-state index contributed by atoms with van der Waals surface area (Å²) in [5, 5.41) is 18.7. The van der Waals surface area contributed by atoms with E-state index in [-0.39, 0.29) is 28.3 Å². The van der Waals surface area contributed by atoms with E-state index in [0.29, 0.717) is 0 Å². The van der Waals surface area contributed by atoms with Gasteiger partial charge in [-0.2, -0.15) is 4.80 Å². The number of rotatable bonds is 5. The van der Waals surface area contributed by atoms with Gasteiger partial charge in [0.2, 0.25) is 20.0 Å². The highest BCUT2D eigenvalue weighted by atomic mass is 32.2. The maximum absolute atomic E-state index is 11.3. The van der Waals surface area contributed by atoms with Crippen LogP contribution in [0.1, 0.15) is 6.92 Å². The molecule has 0 aliphatic carbocycles. The Morgan fingerprint density at radius 3 is 2.70 bits per heavy atom. The van der Waals surface area contributed by atoms with E-state index in [4.69, 9.17) is 4.74 Å². The lowest BCUT2D eigenvalue weighted by molar-refractivity contribution is -0.144. The molecule has 0 N–H and O–H groups in total. The fourth-order valence-electron chi connectivity index (χ4n) is 1.17. The molecule has 0 fully saturated rings. The van der Waals surface area contributed by atoms with Crippen LogP contribution in [0.25, 0.3) is 10.8 Å². The molecule has 2 heterocycles. The Morgan fingerprint density at radius 2 is 2.10 bits per heavy atom. The third-order valence-corrected chi connectivity index (χ3v) is 4.53. The first kappa shape index (κ1) is 14.5. The zero-order valence-electron chi connectivity index (χ0n) is 10.5. The van der Waals surface area contributed by atoms with E-state index in [9.17, 15) is 13.2 Å². The molecule has 0 radical (unpaired) electrons. The van der Waals surface area contributed by atoms with Crippen molar-refractivity contribution in [1.29, 1.82) is 0 Å². The average molecular weight is 318 g/mol. The van der Waals surface area contributed by atoms with Crippen LogP contribution in [-0.2, 0) is 25.9 Å². The molecule has 10 nitrogen and oxygen atoms in total. The van der Waals surface area contributed by atoms with Crippen molar-refractivity contribution in [1.82, 2.24) is 30.4 Å². The number of carbonyl (C=O) groups excluding carboxylic acids is 1. The van der Waals surface area contributed by atoms with Gasteiger partial charge in [0.1, 0.15) is 0 Å². The number of esters is 1. The summed E-state index contributed by atoms with van der Waals surface area (Å²) in [6.45, 7) is 1.76. The van der Waals surface area contributed by atoms with Crippen molar-refractivity contribution in [2.24, 2.45) is 0 Å². The minimum atomic E-state index is -3.42. The normalized spacial score (nSPS) is 11.5. The van der Waals surface area contributed by atoms with Gasteiger partial charge in [-0.05, 0) is 12.1 Å².